The average molecular weight is 229 g/mol. The number of rotatable bonds is 10. The molecule has 2 atom stereocenters. The van der Waals surface area contributed by atoms with Gasteiger partial charge in [0.15, 0.2) is 0 Å². The summed E-state index contributed by atoms with van der Waals surface area (Å²) in [5.41, 5.74) is 5.89. The molecule has 0 aromatic carbocycles. The van der Waals surface area contributed by atoms with Crippen LogP contribution < -0.4 is 5.73 Å². The first-order chi connectivity index (χ1) is 7.59. The molecule has 0 aromatic rings. The van der Waals surface area contributed by atoms with E-state index in [0.29, 0.717) is 5.92 Å². The van der Waals surface area contributed by atoms with Crippen LogP contribution in [0.1, 0.15) is 72.1 Å². The third kappa shape index (κ3) is 8.12. The van der Waals surface area contributed by atoms with Crippen molar-refractivity contribution in [1.29, 1.82) is 0 Å². The molecule has 3 N–H and O–H groups in total. The van der Waals surface area contributed by atoms with Crippen molar-refractivity contribution < 1.29 is 5.11 Å². The largest absolute Gasteiger partial charge is 0.392 e. The monoisotopic (exact) mass is 229 g/mol. The van der Waals surface area contributed by atoms with Crippen molar-refractivity contribution in [3.8, 4) is 0 Å². The predicted octanol–water partition coefficient (Wildman–Crippen LogP) is 3.47. The van der Waals surface area contributed by atoms with Gasteiger partial charge < -0.3 is 10.8 Å². The van der Waals surface area contributed by atoms with Crippen LogP contribution in [-0.4, -0.2) is 17.3 Å². The van der Waals surface area contributed by atoms with Gasteiger partial charge in [-0.1, -0.05) is 65.7 Å². The van der Waals surface area contributed by atoms with Crippen LogP contribution in [0.25, 0.3) is 0 Å². The minimum atomic E-state index is -0.310. The maximum atomic E-state index is 9.80. The summed E-state index contributed by atoms with van der Waals surface area (Å²) in [5, 5.41) is 9.80. The van der Waals surface area contributed by atoms with E-state index in [1.165, 1.54) is 38.5 Å². The Morgan fingerprint density at radius 2 is 1.44 bits per heavy atom. The molecular weight excluding hydrogens is 198 g/mol. The van der Waals surface area contributed by atoms with Crippen LogP contribution in [0.4, 0.5) is 0 Å². The Bertz CT molecular complexity index is 148. The molecular formula is C14H31NO. The normalized spacial score (nSPS) is 15.4. The summed E-state index contributed by atoms with van der Waals surface area (Å²) in [4.78, 5) is 0. The molecule has 2 unspecified atom stereocenters. The van der Waals surface area contributed by atoms with Crippen LogP contribution in [0.3, 0.4) is 0 Å². The maximum absolute atomic E-state index is 9.80. The fourth-order valence-electron chi connectivity index (χ4n) is 1.95. The van der Waals surface area contributed by atoms with Gasteiger partial charge in [0, 0.05) is 6.04 Å². The minimum absolute atomic E-state index is 0.0555. The zero-order valence-corrected chi connectivity index (χ0v) is 11.4. The van der Waals surface area contributed by atoms with Gasteiger partial charge in [0.1, 0.15) is 0 Å². The molecule has 0 fully saturated rings. The molecule has 0 aliphatic heterocycles. The van der Waals surface area contributed by atoms with E-state index in [2.05, 4.69) is 20.8 Å². The van der Waals surface area contributed by atoms with E-state index in [4.69, 9.17) is 5.73 Å². The molecule has 0 heterocycles. The van der Waals surface area contributed by atoms with E-state index in [0.717, 1.165) is 12.8 Å². The van der Waals surface area contributed by atoms with Crippen LogP contribution in [0.15, 0.2) is 0 Å². The molecule has 0 bridgehead atoms. The second-order valence-corrected chi connectivity index (χ2v) is 5.30. The van der Waals surface area contributed by atoms with Crippen LogP contribution in [0.5, 0.6) is 0 Å². The number of aliphatic hydroxyl groups excluding tert-OH is 1. The van der Waals surface area contributed by atoms with E-state index in [1.54, 1.807) is 0 Å². The second-order valence-electron chi connectivity index (χ2n) is 5.30. The van der Waals surface area contributed by atoms with Gasteiger partial charge in [-0.2, -0.15) is 0 Å². The highest BCUT2D eigenvalue weighted by molar-refractivity contribution is 4.74. The standard InChI is InChI=1S/C14H31NO/c1-4-5-6-7-8-9-10-11-13(16)14(15)12(2)3/h12-14,16H,4-11,15H2,1-3H3. The Balaban J connectivity index is 3.31. The summed E-state index contributed by atoms with van der Waals surface area (Å²) in [6.07, 6.45) is 9.61. The summed E-state index contributed by atoms with van der Waals surface area (Å²) in [7, 11) is 0. The third-order valence-corrected chi connectivity index (χ3v) is 3.32. The van der Waals surface area contributed by atoms with Crippen LogP contribution >= 0.6 is 0 Å². The summed E-state index contributed by atoms with van der Waals surface area (Å²) >= 11 is 0. The van der Waals surface area contributed by atoms with Crippen molar-refractivity contribution in [1.82, 2.24) is 0 Å². The van der Waals surface area contributed by atoms with Gasteiger partial charge in [-0.05, 0) is 12.3 Å². The zero-order valence-electron chi connectivity index (χ0n) is 11.4. The molecule has 2 nitrogen and oxygen atoms in total. The van der Waals surface area contributed by atoms with Gasteiger partial charge in [0.25, 0.3) is 0 Å². The summed E-state index contributed by atoms with van der Waals surface area (Å²) in [5.74, 6) is 0.375. The number of hydrogen-bond acceptors (Lipinski definition) is 2. The van der Waals surface area contributed by atoms with E-state index in [1.807, 2.05) is 0 Å². The second kappa shape index (κ2) is 10.1. The highest BCUT2D eigenvalue weighted by atomic mass is 16.3. The SMILES string of the molecule is CCCCCCCCCC(O)C(N)C(C)C. The lowest BCUT2D eigenvalue weighted by atomic mass is 9.95. The number of aliphatic hydroxyl groups is 1. The molecule has 98 valence electrons. The summed E-state index contributed by atoms with van der Waals surface area (Å²) in [6, 6.07) is -0.0555. The molecule has 0 saturated carbocycles. The van der Waals surface area contributed by atoms with Gasteiger partial charge in [-0.25, -0.2) is 0 Å². The first kappa shape index (κ1) is 15.9. The molecule has 0 spiro atoms. The first-order valence-corrected chi connectivity index (χ1v) is 7.03. The van der Waals surface area contributed by atoms with Crippen LogP contribution in [-0.2, 0) is 0 Å². The van der Waals surface area contributed by atoms with E-state index < -0.39 is 0 Å². The van der Waals surface area contributed by atoms with Crippen molar-refractivity contribution in [2.45, 2.75) is 84.3 Å². The van der Waals surface area contributed by atoms with E-state index in [9.17, 15) is 5.11 Å². The molecule has 0 saturated heterocycles. The highest BCUT2D eigenvalue weighted by Crippen LogP contribution is 2.13. The molecule has 0 amide bonds. The van der Waals surface area contributed by atoms with Crippen LogP contribution in [0.2, 0.25) is 0 Å². The smallest absolute Gasteiger partial charge is 0.0693 e. The number of hydrogen-bond donors (Lipinski definition) is 2. The topological polar surface area (TPSA) is 46.2 Å². The van der Waals surface area contributed by atoms with Gasteiger partial charge in [-0.15, -0.1) is 0 Å². The highest BCUT2D eigenvalue weighted by Gasteiger charge is 2.17. The quantitative estimate of drug-likeness (QED) is 0.563. The Hall–Kier alpha value is -0.0800. The van der Waals surface area contributed by atoms with E-state index in [-0.39, 0.29) is 12.1 Å². The zero-order chi connectivity index (χ0) is 12.4. The molecule has 16 heavy (non-hydrogen) atoms. The van der Waals surface area contributed by atoms with Crippen molar-refractivity contribution in [2.24, 2.45) is 11.7 Å². The lowest BCUT2D eigenvalue weighted by Crippen LogP contribution is -2.39. The number of nitrogens with two attached hydrogens (primary N) is 1. The van der Waals surface area contributed by atoms with Crippen LogP contribution in [0, 0.1) is 5.92 Å². The minimum Gasteiger partial charge on any atom is -0.392 e. The first-order valence-electron chi connectivity index (χ1n) is 7.03. The van der Waals surface area contributed by atoms with Gasteiger partial charge in [0.05, 0.1) is 6.10 Å². The molecule has 0 aromatic heterocycles. The molecule has 0 aliphatic rings. The van der Waals surface area contributed by atoms with Gasteiger partial charge >= 0.3 is 0 Å². The summed E-state index contributed by atoms with van der Waals surface area (Å²) < 4.78 is 0. The Morgan fingerprint density at radius 3 is 1.94 bits per heavy atom. The third-order valence-electron chi connectivity index (χ3n) is 3.32. The Kier molecular flexibility index (Phi) is 10.0. The molecule has 0 aliphatic carbocycles. The number of unbranched alkanes of at least 4 members (excludes halogenated alkanes) is 6. The van der Waals surface area contributed by atoms with Crippen molar-refractivity contribution in [3.05, 3.63) is 0 Å². The molecule has 2 heteroatoms. The molecule has 0 rings (SSSR count). The lowest BCUT2D eigenvalue weighted by molar-refractivity contribution is 0.113. The van der Waals surface area contributed by atoms with Crippen molar-refractivity contribution in [3.63, 3.8) is 0 Å². The Labute approximate surface area is 102 Å². The van der Waals surface area contributed by atoms with E-state index >= 15 is 0 Å². The molecule has 0 radical (unpaired) electrons. The maximum Gasteiger partial charge on any atom is 0.0693 e. The predicted molar refractivity (Wildman–Crippen MR) is 71.4 cm³/mol. The Morgan fingerprint density at radius 1 is 0.938 bits per heavy atom. The fourth-order valence-corrected chi connectivity index (χ4v) is 1.95. The average Bonchev–Trinajstić information content (AvgIpc) is 2.26. The van der Waals surface area contributed by atoms with Gasteiger partial charge in [0.2, 0.25) is 0 Å². The summed E-state index contributed by atoms with van der Waals surface area (Å²) in [6.45, 7) is 6.38. The van der Waals surface area contributed by atoms with Crippen molar-refractivity contribution in [2.75, 3.05) is 0 Å². The van der Waals surface area contributed by atoms with Crippen molar-refractivity contribution >= 4 is 0 Å². The van der Waals surface area contributed by atoms with Gasteiger partial charge in [-0.3, -0.25) is 0 Å². The lowest BCUT2D eigenvalue weighted by Gasteiger charge is -2.21. The fraction of sp³-hybridized carbons (Fsp3) is 1.00.